The van der Waals surface area contributed by atoms with Gasteiger partial charge in [-0.15, -0.1) is 0 Å². The Hall–Kier alpha value is -1.78. The van der Waals surface area contributed by atoms with Crippen molar-refractivity contribution >= 4 is 0 Å². The molecule has 4 heteroatoms. The standard InChI is InChI=1S/C17H18F2O2/c1-12-2-5-16(19)8-13(12)9-17(10-20,11-21)14-3-6-15(18)7-4-14/h2-8,20-21H,9-11H2,1H3. The lowest BCUT2D eigenvalue weighted by Gasteiger charge is -2.31. The summed E-state index contributed by atoms with van der Waals surface area (Å²) in [5, 5.41) is 19.5. The molecule has 0 bridgehead atoms. The van der Waals surface area contributed by atoms with Gasteiger partial charge in [0.05, 0.1) is 13.2 Å². The maximum atomic E-state index is 13.4. The summed E-state index contributed by atoms with van der Waals surface area (Å²) in [4.78, 5) is 0. The van der Waals surface area contributed by atoms with Crippen LogP contribution in [-0.2, 0) is 11.8 Å². The zero-order valence-corrected chi connectivity index (χ0v) is 11.8. The van der Waals surface area contributed by atoms with Crippen molar-refractivity contribution in [1.82, 2.24) is 0 Å². The van der Waals surface area contributed by atoms with Gasteiger partial charge in [-0.05, 0) is 54.3 Å². The summed E-state index contributed by atoms with van der Waals surface area (Å²) >= 11 is 0. The van der Waals surface area contributed by atoms with E-state index in [0.717, 1.165) is 5.56 Å². The van der Waals surface area contributed by atoms with Gasteiger partial charge in [-0.2, -0.15) is 0 Å². The number of rotatable bonds is 5. The highest BCUT2D eigenvalue weighted by Crippen LogP contribution is 2.29. The zero-order valence-electron chi connectivity index (χ0n) is 11.8. The average molecular weight is 292 g/mol. The number of hydrogen-bond acceptors (Lipinski definition) is 2. The molecule has 0 atom stereocenters. The molecular formula is C17H18F2O2. The van der Waals surface area contributed by atoms with Crippen molar-refractivity contribution in [3.63, 3.8) is 0 Å². The maximum absolute atomic E-state index is 13.4. The van der Waals surface area contributed by atoms with E-state index in [1.54, 1.807) is 6.07 Å². The summed E-state index contributed by atoms with van der Waals surface area (Å²) in [7, 11) is 0. The molecule has 2 rings (SSSR count). The van der Waals surface area contributed by atoms with Crippen molar-refractivity contribution in [2.24, 2.45) is 0 Å². The second kappa shape index (κ2) is 6.33. The second-order valence-corrected chi connectivity index (χ2v) is 5.35. The molecule has 2 N–H and O–H groups in total. The second-order valence-electron chi connectivity index (χ2n) is 5.35. The SMILES string of the molecule is Cc1ccc(F)cc1CC(CO)(CO)c1ccc(F)cc1. The molecule has 0 saturated carbocycles. The first kappa shape index (κ1) is 15.6. The Morgan fingerprint density at radius 1 is 0.905 bits per heavy atom. The average Bonchev–Trinajstić information content (AvgIpc) is 2.49. The molecular weight excluding hydrogens is 274 g/mol. The molecule has 112 valence electrons. The van der Waals surface area contributed by atoms with Gasteiger partial charge in [0, 0.05) is 5.41 Å². The minimum atomic E-state index is -0.966. The van der Waals surface area contributed by atoms with Gasteiger partial charge in [0.1, 0.15) is 11.6 Å². The van der Waals surface area contributed by atoms with Crippen LogP contribution >= 0.6 is 0 Å². The summed E-state index contributed by atoms with van der Waals surface area (Å²) in [5.41, 5.74) is 1.25. The topological polar surface area (TPSA) is 40.5 Å². The van der Waals surface area contributed by atoms with E-state index < -0.39 is 5.41 Å². The Kier molecular flexibility index (Phi) is 4.70. The lowest BCUT2D eigenvalue weighted by molar-refractivity contribution is 0.116. The van der Waals surface area contributed by atoms with E-state index in [-0.39, 0.29) is 31.3 Å². The van der Waals surface area contributed by atoms with Crippen molar-refractivity contribution in [1.29, 1.82) is 0 Å². The molecule has 0 aliphatic carbocycles. The van der Waals surface area contributed by atoms with E-state index in [4.69, 9.17) is 0 Å². The van der Waals surface area contributed by atoms with E-state index in [9.17, 15) is 19.0 Å². The Morgan fingerprint density at radius 2 is 1.48 bits per heavy atom. The molecule has 0 radical (unpaired) electrons. The van der Waals surface area contributed by atoms with Crippen molar-refractivity contribution < 1.29 is 19.0 Å². The number of aliphatic hydroxyl groups is 2. The minimum Gasteiger partial charge on any atom is -0.395 e. The van der Waals surface area contributed by atoms with E-state index in [1.165, 1.54) is 36.4 Å². The van der Waals surface area contributed by atoms with Gasteiger partial charge in [0.25, 0.3) is 0 Å². The minimum absolute atomic E-state index is 0.273. The molecule has 0 aliphatic heterocycles. The molecule has 0 spiro atoms. The maximum Gasteiger partial charge on any atom is 0.123 e. The van der Waals surface area contributed by atoms with Gasteiger partial charge >= 0.3 is 0 Å². The fourth-order valence-electron chi connectivity index (χ4n) is 2.44. The van der Waals surface area contributed by atoms with Gasteiger partial charge in [0.15, 0.2) is 0 Å². The lowest BCUT2D eigenvalue weighted by Crippen LogP contribution is -2.37. The number of aryl methyl sites for hydroxylation is 1. The normalized spacial score (nSPS) is 11.7. The lowest BCUT2D eigenvalue weighted by atomic mass is 9.76. The molecule has 0 amide bonds. The summed E-state index contributed by atoms with van der Waals surface area (Å²) < 4.78 is 26.5. The van der Waals surface area contributed by atoms with Gasteiger partial charge in [-0.3, -0.25) is 0 Å². The largest absolute Gasteiger partial charge is 0.395 e. The quantitative estimate of drug-likeness (QED) is 0.889. The molecule has 0 unspecified atom stereocenters. The Labute approximate surface area is 122 Å². The fraction of sp³-hybridized carbons (Fsp3) is 0.294. The monoisotopic (exact) mass is 292 g/mol. The van der Waals surface area contributed by atoms with E-state index >= 15 is 0 Å². The number of halogens is 2. The van der Waals surface area contributed by atoms with Crippen LogP contribution in [0.2, 0.25) is 0 Å². The number of hydrogen-bond donors (Lipinski definition) is 2. The third kappa shape index (κ3) is 3.28. The van der Waals surface area contributed by atoms with Crippen molar-refractivity contribution in [2.75, 3.05) is 13.2 Å². The molecule has 0 aliphatic rings. The Bertz CT molecular complexity index is 605. The Morgan fingerprint density at radius 3 is 2.05 bits per heavy atom. The molecule has 21 heavy (non-hydrogen) atoms. The third-order valence-electron chi connectivity index (χ3n) is 3.90. The first-order chi connectivity index (χ1) is 10.0. The summed E-state index contributed by atoms with van der Waals surface area (Å²) in [5.74, 6) is -0.745. The molecule has 2 aromatic rings. The van der Waals surface area contributed by atoms with Gasteiger partial charge in [-0.1, -0.05) is 18.2 Å². The van der Waals surface area contributed by atoms with Crippen LogP contribution in [-0.4, -0.2) is 23.4 Å². The fourth-order valence-corrected chi connectivity index (χ4v) is 2.44. The van der Waals surface area contributed by atoms with E-state index in [2.05, 4.69) is 0 Å². The highest BCUT2D eigenvalue weighted by atomic mass is 19.1. The predicted molar refractivity (Wildman–Crippen MR) is 77.1 cm³/mol. The summed E-state index contributed by atoms with van der Waals surface area (Å²) in [6, 6.07) is 10.1. The first-order valence-corrected chi connectivity index (χ1v) is 6.73. The Balaban J connectivity index is 2.42. The van der Waals surface area contributed by atoms with Gasteiger partial charge in [-0.25, -0.2) is 8.78 Å². The van der Waals surface area contributed by atoms with E-state index in [0.29, 0.717) is 11.1 Å². The van der Waals surface area contributed by atoms with Crippen molar-refractivity contribution in [3.05, 3.63) is 70.8 Å². The van der Waals surface area contributed by atoms with Crippen LogP contribution < -0.4 is 0 Å². The highest BCUT2D eigenvalue weighted by Gasteiger charge is 2.32. The number of aliphatic hydroxyl groups excluding tert-OH is 2. The van der Waals surface area contributed by atoms with Crippen LogP contribution in [0.15, 0.2) is 42.5 Å². The van der Waals surface area contributed by atoms with Crippen LogP contribution in [0.5, 0.6) is 0 Å². The third-order valence-corrected chi connectivity index (χ3v) is 3.90. The zero-order chi connectivity index (χ0) is 15.5. The van der Waals surface area contributed by atoms with Crippen LogP contribution in [0.4, 0.5) is 8.78 Å². The van der Waals surface area contributed by atoms with Gasteiger partial charge < -0.3 is 10.2 Å². The van der Waals surface area contributed by atoms with Crippen LogP contribution in [0.3, 0.4) is 0 Å². The smallest absolute Gasteiger partial charge is 0.123 e. The molecule has 2 nitrogen and oxygen atoms in total. The number of benzene rings is 2. The van der Waals surface area contributed by atoms with Crippen LogP contribution in [0.25, 0.3) is 0 Å². The van der Waals surface area contributed by atoms with Crippen LogP contribution in [0.1, 0.15) is 16.7 Å². The first-order valence-electron chi connectivity index (χ1n) is 6.73. The molecule has 0 saturated heterocycles. The molecule has 2 aromatic carbocycles. The molecule has 0 aromatic heterocycles. The summed E-state index contributed by atoms with van der Waals surface area (Å²) in [6.45, 7) is 1.22. The van der Waals surface area contributed by atoms with Crippen molar-refractivity contribution in [3.8, 4) is 0 Å². The van der Waals surface area contributed by atoms with E-state index in [1.807, 2.05) is 6.92 Å². The van der Waals surface area contributed by atoms with Gasteiger partial charge in [0.2, 0.25) is 0 Å². The molecule has 0 fully saturated rings. The molecule has 0 heterocycles. The predicted octanol–water partition coefficient (Wildman–Crippen LogP) is 2.74. The highest BCUT2D eigenvalue weighted by molar-refractivity contribution is 5.34. The van der Waals surface area contributed by atoms with Crippen molar-refractivity contribution in [2.45, 2.75) is 18.8 Å². The summed E-state index contributed by atoms with van der Waals surface area (Å²) in [6.07, 6.45) is 0.273. The van der Waals surface area contributed by atoms with Crippen LogP contribution in [0, 0.1) is 18.6 Å².